The lowest BCUT2D eigenvalue weighted by molar-refractivity contribution is 0.310. The summed E-state index contributed by atoms with van der Waals surface area (Å²) in [5.41, 5.74) is 8.13. The average molecular weight is 278 g/mol. The van der Waals surface area contributed by atoms with Crippen LogP contribution in [-0.2, 0) is 11.8 Å². The summed E-state index contributed by atoms with van der Waals surface area (Å²) in [4.78, 5) is 1.35. The van der Waals surface area contributed by atoms with Crippen LogP contribution in [0, 0.1) is 17.2 Å². The van der Waals surface area contributed by atoms with Crippen LogP contribution in [0.4, 0.5) is 5.00 Å². The number of nitriles is 1. The Bertz CT molecular complexity index is 468. The van der Waals surface area contributed by atoms with Gasteiger partial charge in [-0.25, -0.2) is 0 Å². The molecule has 0 saturated heterocycles. The van der Waals surface area contributed by atoms with E-state index < -0.39 is 0 Å². The highest BCUT2D eigenvalue weighted by atomic mass is 32.1. The smallest absolute Gasteiger partial charge is 0.104 e. The minimum absolute atomic E-state index is 0.116. The van der Waals surface area contributed by atoms with Crippen molar-refractivity contribution in [1.82, 2.24) is 0 Å². The van der Waals surface area contributed by atoms with Crippen molar-refractivity contribution in [3.05, 3.63) is 16.0 Å². The van der Waals surface area contributed by atoms with E-state index >= 15 is 0 Å². The first-order chi connectivity index (χ1) is 9.00. The largest absolute Gasteiger partial charge is 0.389 e. The van der Waals surface area contributed by atoms with Gasteiger partial charge in [-0.1, -0.05) is 41.0 Å². The molecule has 2 rings (SSSR count). The molecule has 1 heterocycles. The van der Waals surface area contributed by atoms with E-state index in [2.05, 4.69) is 26.8 Å². The lowest BCUT2D eigenvalue weighted by Gasteiger charge is -2.34. The fraction of sp³-hybridized carbons (Fsp3) is 0.688. The molecule has 0 amide bonds. The number of rotatable bonds is 1. The normalized spacial score (nSPS) is 21.9. The first-order valence-corrected chi connectivity index (χ1v) is 8.14. The molecule has 1 aromatic rings. The van der Waals surface area contributed by atoms with Crippen molar-refractivity contribution in [1.29, 1.82) is 5.26 Å². The second-order valence-electron chi connectivity index (χ2n) is 5.53. The summed E-state index contributed by atoms with van der Waals surface area (Å²) in [5, 5.41) is 10.1. The summed E-state index contributed by atoms with van der Waals surface area (Å²) < 4.78 is 0. The Kier molecular flexibility index (Phi) is 5.43. The average Bonchev–Trinajstić information content (AvgIpc) is 2.63. The van der Waals surface area contributed by atoms with Gasteiger partial charge in [0.15, 0.2) is 0 Å². The zero-order valence-electron chi connectivity index (χ0n) is 12.8. The molecule has 1 unspecified atom stereocenters. The summed E-state index contributed by atoms with van der Waals surface area (Å²) in [6.07, 6.45) is 4.73. The zero-order chi connectivity index (χ0) is 14.6. The third kappa shape index (κ3) is 2.79. The molecule has 0 bridgehead atoms. The fourth-order valence-electron chi connectivity index (χ4n) is 2.87. The van der Waals surface area contributed by atoms with Crippen molar-refractivity contribution in [3.8, 4) is 6.07 Å². The standard InChI is InChI=1S/C14H20N2S.C2H6/c1-9(2)14(3)7-5-4-6-11-12(14)10(8-15)13(16)17-11;1-2/h9H,4-7,16H2,1-3H3;1-2H3. The van der Waals surface area contributed by atoms with Crippen molar-refractivity contribution in [3.63, 3.8) is 0 Å². The van der Waals surface area contributed by atoms with Gasteiger partial charge in [-0.15, -0.1) is 11.3 Å². The van der Waals surface area contributed by atoms with E-state index in [9.17, 15) is 5.26 Å². The zero-order valence-corrected chi connectivity index (χ0v) is 13.7. The Morgan fingerprint density at radius 2 is 1.95 bits per heavy atom. The molecule has 2 nitrogen and oxygen atoms in total. The molecule has 1 atom stereocenters. The number of thiophene rings is 1. The van der Waals surface area contributed by atoms with Crippen LogP contribution in [-0.4, -0.2) is 0 Å². The summed E-state index contributed by atoms with van der Waals surface area (Å²) in [6, 6.07) is 2.33. The second kappa shape index (κ2) is 6.43. The molecule has 19 heavy (non-hydrogen) atoms. The predicted molar refractivity (Wildman–Crippen MR) is 84.5 cm³/mol. The number of nitrogens with zero attached hydrogens (tertiary/aromatic N) is 1. The van der Waals surface area contributed by atoms with Crippen LogP contribution in [0.15, 0.2) is 0 Å². The van der Waals surface area contributed by atoms with Crippen LogP contribution in [0.1, 0.15) is 69.9 Å². The first-order valence-electron chi connectivity index (χ1n) is 7.32. The highest BCUT2D eigenvalue weighted by molar-refractivity contribution is 7.16. The third-order valence-electron chi connectivity index (χ3n) is 4.32. The van der Waals surface area contributed by atoms with Crippen molar-refractivity contribution in [2.24, 2.45) is 5.92 Å². The van der Waals surface area contributed by atoms with Crippen LogP contribution >= 0.6 is 11.3 Å². The Hall–Kier alpha value is -1.01. The Labute approximate surface area is 121 Å². The van der Waals surface area contributed by atoms with Crippen LogP contribution in [0.25, 0.3) is 0 Å². The maximum absolute atomic E-state index is 9.35. The van der Waals surface area contributed by atoms with E-state index in [4.69, 9.17) is 5.73 Å². The number of nitrogen functional groups attached to an aromatic ring is 1. The molecular weight excluding hydrogens is 252 g/mol. The summed E-state index contributed by atoms with van der Waals surface area (Å²) >= 11 is 1.63. The number of anilines is 1. The molecule has 0 fully saturated rings. The number of nitrogens with two attached hydrogens (primary N) is 1. The van der Waals surface area contributed by atoms with E-state index in [1.165, 1.54) is 29.7 Å². The molecule has 0 radical (unpaired) electrons. The van der Waals surface area contributed by atoms with E-state index in [1.54, 1.807) is 11.3 Å². The first kappa shape index (κ1) is 16.0. The lowest BCUT2D eigenvalue weighted by Crippen LogP contribution is -2.29. The minimum atomic E-state index is 0.116. The van der Waals surface area contributed by atoms with E-state index in [0.29, 0.717) is 10.9 Å². The number of aryl methyl sites for hydroxylation is 1. The predicted octanol–water partition coefficient (Wildman–Crippen LogP) is 4.87. The molecule has 1 aliphatic rings. The van der Waals surface area contributed by atoms with Gasteiger partial charge in [-0.2, -0.15) is 5.26 Å². The van der Waals surface area contributed by atoms with Crippen LogP contribution < -0.4 is 5.73 Å². The van der Waals surface area contributed by atoms with Crippen molar-refractivity contribution >= 4 is 16.3 Å². The molecule has 106 valence electrons. The Morgan fingerprint density at radius 1 is 1.32 bits per heavy atom. The van der Waals surface area contributed by atoms with Gasteiger partial charge >= 0.3 is 0 Å². The molecule has 1 aromatic heterocycles. The van der Waals surface area contributed by atoms with E-state index in [-0.39, 0.29) is 5.41 Å². The van der Waals surface area contributed by atoms with Gasteiger partial charge in [0.2, 0.25) is 0 Å². The Balaban J connectivity index is 0.000000861. The maximum atomic E-state index is 9.35. The maximum Gasteiger partial charge on any atom is 0.104 e. The highest BCUT2D eigenvalue weighted by Crippen LogP contribution is 2.47. The molecule has 2 N–H and O–H groups in total. The molecule has 0 saturated carbocycles. The van der Waals surface area contributed by atoms with Gasteiger partial charge in [0.05, 0.1) is 5.56 Å². The SMILES string of the molecule is CC.CC(C)C1(C)CCCCc2sc(N)c(C#N)c21. The third-order valence-corrected chi connectivity index (χ3v) is 5.39. The topological polar surface area (TPSA) is 49.8 Å². The second-order valence-corrected chi connectivity index (χ2v) is 6.67. The van der Waals surface area contributed by atoms with E-state index in [1.807, 2.05) is 13.8 Å². The van der Waals surface area contributed by atoms with Crippen molar-refractivity contribution in [2.75, 3.05) is 5.73 Å². The quantitative estimate of drug-likeness (QED) is 0.745. The Morgan fingerprint density at radius 3 is 2.47 bits per heavy atom. The molecule has 0 aliphatic heterocycles. The number of fused-ring (bicyclic) bond motifs is 1. The van der Waals surface area contributed by atoms with Crippen molar-refractivity contribution < 1.29 is 0 Å². The van der Waals surface area contributed by atoms with Gasteiger partial charge in [0.25, 0.3) is 0 Å². The molecule has 1 aliphatic carbocycles. The van der Waals surface area contributed by atoms with Gasteiger partial charge in [0.1, 0.15) is 11.1 Å². The number of hydrogen-bond donors (Lipinski definition) is 1. The van der Waals surface area contributed by atoms with Crippen LogP contribution in [0.5, 0.6) is 0 Å². The highest BCUT2D eigenvalue weighted by Gasteiger charge is 2.37. The van der Waals surface area contributed by atoms with E-state index in [0.717, 1.165) is 12.0 Å². The lowest BCUT2D eigenvalue weighted by atomic mass is 9.70. The van der Waals surface area contributed by atoms with Crippen LogP contribution in [0.2, 0.25) is 0 Å². The van der Waals surface area contributed by atoms with Gasteiger partial charge < -0.3 is 5.73 Å². The number of hydrogen-bond acceptors (Lipinski definition) is 3. The van der Waals surface area contributed by atoms with Crippen LogP contribution in [0.3, 0.4) is 0 Å². The minimum Gasteiger partial charge on any atom is -0.389 e. The molecule has 3 heteroatoms. The van der Waals surface area contributed by atoms with Gasteiger partial charge in [-0.05, 0) is 36.2 Å². The summed E-state index contributed by atoms with van der Waals surface area (Å²) in [6.45, 7) is 10.8. The molecule has 0 aromatic carbocycles. The van der Waals surface area contributed by atoms with Crippen molar-refractivity contribution in [2.45, 2.75) is 65.7 Å². The summed E-state index contributed by atoms with van der Waals surface area (Å²) in [7, 11) is 0. The molecule has 0 spiro atoms. The van der Waals surface area contributed by atoms with Gasteiger partial charge in [0, 0.05) is 4.88 Å². The fourth-order valence-corrected chi connectivity index (χ4v) is 4.07. The molecular formula is C16H26N2S. The monoisotopic (exact) mass is 278 g/mol. The summed E-state index contributed by atoms with van der Waals surface area (Å²) in [5.74, 6) is 0.542. The van der Waals surface area contributed by atoms with Gasteiger partial charge in [-0.3, -0.25) is 0 Å².